The van der Waals surface area contributed by atoms with Gasteiger partial charge in [0.25, 0.3) is 0 Å². The van der Waals surface area contributed by atoms with Gasteiger partial charge in [-0.05, 0) is 18.2 Å². The molecule has 104 valence electrons. The maximum atomic E-state index is 12.1. The van der Waals surface area contributed by atoms with Crippen molar-refractivity contribution in [3.63, 3.8) is 0 Å². The van der Waals surface area contributed by atoms with Gasteiger partial charge in [0.15, 0.2) is 0 Å². The third kappa shape index (κ3) is 2.57. The van der Waals surface area contributed by atoms with Crippen molar-refractivity contribution in [3.8, 4) is 5.75 Å². The molecule has 0 fully saturated rings. The molecule has 19 heavy (non-hydrogen) atoms. The van der Waals surface area contributed by atoms with Crippen LogP contribution in [0.3, 0.4) is 0 Å². The Kier molecular flexibility index (Phi) is 3.77. The van der Waals surface area contributed by atoms with E-state index in [-0.39, 0.29) is 4.90 Å². The molecule has 0 atom stereocenters. The second-order valence-electron chi connectivity index (χ2n) is 4.18. The van der Waals surface area contributed by atoms with Gasteiger partial charge >= 0.3 is 0 Å². The van der Waals surface area contributed by atoms with Crippen LogP contribution in [-0.4, -0.2) is 53.0 Å². The summed E-state index contributed by atoms with van der Waals surface area (Å²) in [6, 6.07) is 4.64. The molecule has 0 aromatic heterocycles. The first-order chi connectivity index (χ1) is 8.96. The number of aliphatic imine (C=N–C) groups is 1. The third-order valence-corrected chi connectivity index (χ3v) is 4.58. The van der Waals surface area contributed by atoms with Gasteiger partial charge in [-0.2, -0.15) is 0 Å². The van der Waals surface area contributed by atoms with Crippen molar-refractivity contribution in [1.29, 1.82) is 0 Å². The fraction of sp³-hybridized carbons (Fsp3) is 0.417. The van der Waals surface area contributed by atoms with E-state index < -0.39 is 10.0 Å². The zero-order valence-electron chi connectivity index (χ0n) is 11.1. The molecule has 0 unspecified atom stereocenters. The van der Waals surface area contributed by atoms with Crippen molar-refractivity contribution in [1.82, 2.24) is 4.31 Å². The molecule has 0 amide bonds. The summed E-state index contributed by atoms with van der Waals surface area (Å²) in [5, 5.41) is 0. The van der Waals surface area contributed by atoms with Crippen LogP contribution in [-0.2, 0) is 14.8 Å². The Morgan fingerprint density at radius 1 is 1.37 bits per heavy atom. The van der Waals surface area contributed by atoms with Crippen molar-refractivity contribution in [3.05, 3.63) is 23.8 Å². The van der Waals surface area contributed by atoms with Gasteiger partial charge in [-0.3, -0.25) is 0 Å². The zero-order chi connectivity index (χ0) is 14.0. The van der Waals surface area contributed by atoms with E-state index in [2.05, 4.69) is 4.99 Å². The average molecular weight is 284 g/mol. The van der Waals surface area contributed by atoms with Gasteiger partial charge in [0.1, 0.15) is 12.4 Å². The molecule has 1 aliphatic rings. The summed E-state index contributed by atoms with van der Waals surface area (Å²) in [5.41, 5.74) is 0.558. The molecule has 7 heteroatoms. The average Bonchev–Trinajstić information content (AvgIpc) is 2.91. The number of nitrogens with zero attached hydrogens (tertiary/aromatic N) is 2. The summed E-state index contributed by atoms with van der Waals surface area (Å²) < 4.78 is 36.0. The van der Waals surface area contributed by atoms with E-state index in [4.69, 9.17) is 9.47 Å². The predicted molar refractivity (Wildman–Crippen MR) is 71.2 cm³/mol. The Labute approximate surface area is 112 Å². The SMILES string of the molecule is COc1ccc(S(=O)(=O)N(C)C)cc1C1=NCCO1. The second kappa shape index (κ2) is 5.18. The van der Waals surface area contributed by atoms with Crippen molar-refractivity contribution < 1.29 is 17.9 Å². The highest BCUT2D eigenvalue weighted by molar-refractivity contribution is 7.89. The molecular formula is C12H16N2O4S. The Hall–Kier alpha value is -1.60. The maximum absolute atomic E-state index is 12.1. The first kappa shape index (κ1) is 13.8. The summed E-state index contributed by atoms with van der Waals surface area (Å²) in [5.74, 6) is 0.964. The number of sulfonamides is 1. The van der Waals surface area contributed by atoms with Gasteiger partial charge in [0.2, 0.25) is 15.9 Å². The molecule has 0 spiro atoms. The minimum Gasteiger partial charge on any atom is -0.496 e. The van der Waals surface area contributed by atoms with Crippen LogP contribution in [0.2, 0.25) is 0 Å². The lowest BCUT2D eigenvalue weighted by Crippen LogP contribution is -2.22. The van der Waals surface area contributed by atoms with Gasteiger partial charge in [0.05, 0.1) is 24.1 Å². The summed E-state index contributed by atoms with van der Waals surface area (Å²) >= 11 is 0. The van der Waals surface area contributed by atoms with Crippen molar-refractivity contribution in [2.75, 3.05) is 34.4 Å². The van der Waals surface area contributed by atoms with E-state index in [1.54, 1.807) is 6.07 Å². The molecule has 1 aromatic rings. The highest BCUT2D eigenvalue weighted by Gasteiger charge is 2.22. The summed E-state index contributed by atoms with van der Waals surface area (Å²) in [6.45, 7) is 1.08. The highest BCUT2D eigenvalue weighted by atomic mass is 32.2. The van der Waals surface area contributed by atoms with E-state index in [9.17, 15) is 8.42 Å². The van der Waals surface area contributed by atoms with Gasteiger partial charge in [-0.1, -0.05) is 0 Å². The lowest BCUT2D eigenvalue weighted by Gasteiger charge is -2.14. The summed E-state index contributed by atoms with van der Waals surface area (Å²) in [4.78, 5) is 4.38. The largest absolute Gasteiger partial charge is 0.496 e. The van der Waals surface area contributed by atoms with E-state index in [1.165, 1.54) is 33.3 Å². The van der Waals surface area contributed by atoms with Crippen LogP contribution in [0.4, 0.5) is 0 Å². The minimum absolute atomic E-state index is 0.187. The van der Waals surface area contributed by atoms with Gasteiger partial charge in [-0.25, -0.2) is 17.7 Å². The van der Waals surface area contributed by atoms with Crippen LogP contribution in [0.1, 0.15) is 5.56 Å². The number of methoxy groups -OCH3 is 1. The van der Waals surface area contributed by atoms with Gasteiger partial charge < -0.3 is 9.47 Å². The Bertz CT molecular complexity index is 608. The molecule has 1 aliphatic heterocycles. The molecule has 6 nitrogen and oxygen atoms in total. The maximum Gasteiger partial charge on any atom is 0.242 e. The lowest BCUT2D eigenvalue weighted by atomic mass is 10.2. The molecule has 2 rings (SSSR count). The molecule has 0 saturated heterocycles. The quantitative estimate of drug-likeness (QED) is 0.817. The topological polar surface area (TPSA) is 68.2 Å². The fourth-order valence-electron chi connectivity index (χ4n) is 1.72. The van der Waals surface area contributed by atoms with Crippen LogP contribution in [0.15, 0.2) is 28.1 Å². The van der Waals surface area contributed by atoms with Gasteiger partial charge in [-0.15, -0.1) is 0 Å². The number of benzene rings is 1. The summed E-state index contributed by atoms with van der Waals surface area (Å²) in [7, 11) is 1.01. The zero-order valence-corrected chi connectivity index (χ0v) is 11.9. The number of hydrogen-bond acceptors (Lipinski definition) is 5. The van der Waals surface area contributed by atoms with E-state index >= 15 is 0 Å². The van der Waals surface area contributed by atoms with Crippen LogP contribution >= 0.6 is 0 Å². The predicted octanol–water partition coefficient (Wildman–Crippen LogP) is 0.722. The first-order valence-corrected chi connectivity index (χ1v) is 7.19. The number of hydrogen-bond donors (Lipinski definition) is 0. The molecule has 1 aromatic carbocycles. The molecule has 0 saturated carbocycles. The molecule has 0 radical (unpaired) electrons. The van der Waals surface area contributed by atoms with Gasteiger partial charge in [0, 0.05) is 14.1 Å². The van der Waals surface area contributed by atoms with Crippen molar-refractivity contribution in [2.45, 2.75) is 4.90 Å². The van der Waals surface area contributed by atoms with Crippen molar-refractivity contribution in [2.24, 2.45) is 4.99 Å². The fourth-order valence-corrected chi connectivity index (χ4v) is 2.65. The van der Waals surface area contributed by atoms with Crippen LogP contribution in [0, 0.1) is 0 Å². The molecule has 0 N–H and O–H groups in total. The van der Waals surface area contributed by atoms with Crippen molar-refractivity contribution >= 4 is 15.9 Å². The molecular weight excluding hydrogens is 268 g/mol. The molecule has 0 aliphatic carbocycles. The molecule has 0 bridgehead atoms. The van der Waals surface area contributed by atoms with Crippen LogP contribution in [0.25, 0.3) is 0 Å². The minimum atomic E-state index is -3.49. The van der Waals surface area contributed by atoms with E-state index in [0.29, 0.717) is 30.4 Å². The van der Waals surface area contributed by atoms with Crippen LogP contribution in [0.5, 0.6) is 5.75 Å². The Balaban J connectivity index is 2.53. The summed E-state index contributed by atoms with van der Waals surface area (Å²) in [6.07, 6.45) is 0. The number of rotatable bonds is 4. The highest BCUT2D eigenvalue weighted by Crippen LogP contribution is 2.25. The third-order valence-electron chi connectivity index (χ3n) is 2.77. The second-order valence-corrected chi connectivity index (χ2v) is 6.34. The van der Waals surface area contributed by atoms with E-state index in [0.717, 1.165) is 4.31 Å². The Morgan fingerprint density at radius 2 is 2.11 bits per heavy atom. The van der Waals surface area contributed by atoms with E-state index in [1.807, 2.05) is 0 Å². The molecule has 1 heterocycles. The lowest BCUT2D eigenvalue weighted by molar-refractivity contribution is 0.345. The Morgan fingerprint density at radius 3 is 2.63 bits per heavy atom. The standard InChI is InChI=1S/C12H16N2O4S/c1-14(2)19(15,16)9-4-5-11(17-3)10(8-9)12-13-6-7-18-12/h4-5,8H,6-7H2,1-3H3. The first-order valence-electron chi connectivity index (χ1n) is 5.75. The smallest absolute Gasteiger partial charge is 0.242 e. The number of ether oxygens (including phenoxy) is 2. The van der Waals surface area contributed by atoms with Crippen LogP contribution < -0.4 is 4.74 Å². The normalized spacial score (nSPS) is 15.3. The monoisotopic (exact) mass is 284 g/mol.